The first-order chi connectivity index (χ1) is 13.7. The van der Waals surface area contributed by atoms with Crippen LogP contribution in [0.4, 0.5) is 5.69 Å². The zero-order valence-electron chi connectivity index (χ0n) is 17.7. The van der Waals surface area contributed by atoms with Crippen molar-refractivity contribution < 1.29 is 17.9 Å². The van der Waals surface area contributed by atoms with Gasteiger partial charge in [0.15, 0.2) is 0 Å². The number of sulfonamides is 1. The van der Waals surface area contributed by atoms with Gasteiger partial charge < -0.3 is 10.1 Å². The first-order valence-corrected chi connectivity index (χ1v) is 11.6. The highest BCUT2D eigenvalue weighted by molar-refractivity contribution is 7.92. The van der Waals surface area contributed by atoms with Gasteiger partial charge in [0.05, 0.1) is 25.1 Å². The van der Waals surface area contributed by atoms with Crippen molar-refractivity contribution in [3.63, 3.8) is 0 Å². The number of nitrogens with one attached hydrogen (secondary N) is 1. The molecule has 1 atom stereocenters. The van der Waals surface area contributed by atoms with Crippen molar-refractivity contribution in [2.75, 3.05) is 24.2 Å². The van der Waals surface area contributed by atoms with Crippen LogP contribution < -0.4 is 14.4 Å². The quantitative estimate of drug-likeness (QED) is 0.675. The maximum atomic E-state index is 12.8. The summed E-state index contributed by atoms with van der Waals surface area (Å²) >= 11 is 0. The number of para-hydroxylation sites is 1. The monoisotopic (exact) mass is 418 g/mol. The van der Waals surface area contributed by atoms with E-state index in [0.29, 0.717) is 18.5 Å². The highest BCUT2D eigenvalue weighted by atomic mass is 32.2. The minimum Gasteiger partial charge on any atom is -0.496 e. The van der Waals surface area contributed by atoms with Gasteiger partial charge in [-0.3, -0.25) is 9.10 Å². The summed E-state index contributed by atoms with van der Waals surface area (Å²) in [6.07, 6.45) is 2.48. The van der Waals surface area contributed by atoms with Crippen LogP contribution in [0.15, 0.2) is 42.5 Å². The Bertz CT molecular complexity index is 957. The van der Waals surface area contributed by atoms with Gasteiger partial charge in [-0.1, -0.05) is 44.2 Å². The minimum atomic E-state index is -3.61. The van der Waals surface area contributed by atoms with Gasteiger partial charge in [0.1, 0.15) is 12.3 Å². The number of nitrogens with zero attached hydrogens (tertiary/aromatic N) is 1. The fraction of sp³-hybridized carbons (Fsp3) is 0.409. The Hall–Kier alpha value is -2.54. The molecule has 2 rings (SSSR count). The molecule has 2 aromatic rings. The Kier molecular flexibility index (Phi) is 7.67. The molecule has 158 valence electrons. The molecule has 0 aliphatic carbocycles. The van der Waals surface area contributed by atoms with Crippen molar-refractivity contribution in [1.29, 1.82) is 0 Å². The molecule has 0 spiro atoms. The Morgan fingerprint density at radius 1 is 1.17 bits per heavy atom. The molecule has 0 bridgehead atoms. The number of rotatable bonds is 9. The predicted molar refractivity (Wildman–Crippen MR) is 117 cm³/mol. The smallest absolute Gasteiger partial charge is 0.241 e. The molecule has 0 aromatic heterocycles. The zero-order chi connectivity index (χ0) is 21.6. The van der Waals surface area contributed by atoms with Gasteiger partial charge in [-0.2, -0.15) is 0 Å². The van der Waals surface area contributed by atoms with Crippen LogP contribution in [0, 0.1) is 6.92 Å². The van der Waals surface area contributed by atoms with Crippen molar-refractivity contribution >= 4 is 21.6 Å². The molecule has 7 heteroatoms. The van der Waals surface area contributed by atoms with Crippen LogP contribution in [-0.4, -0.2) is 34.2 Å². The van der Waals surface area contributed by atoms with Gasteiger partial charge >= 0.3 is 0 Å². The lowest BCUT2D eigenvalue weighted by atomic mass is 10.0. The third-order valence-corrected chi connectivity index (χ3v) is 6.02. The number of carbonyl (C=O) groups excluding carboxylic acids is 1. The number of benzene rings is 2. The summed E-state index contributed by atoms with van der Waals surface area (Å²) in [5.74, 6) is 0.441. The van der Waals surface area contributed by atoms with Gasteiger partial charge in [0.2, 0.25) is 15.9 Å². The standard InChI is InChI=1S/C22H30N2O4S/c1-6-17-10-8-9-11-20(17)24(29(5,26)27)15-22(25)23-19(7-2)18-12-13-21(28-4)16(3)14-18/h8-14,19H,6-7,15H2,1-5H3,(H,23,25). The van der Waals surface area contributed by atoms with E-state index >= 15 is 0 Å². The fourth-order valence-corrected chi connectivity index (χ4v) is 4.23. The van der Waals surface area contributed by atoms with Crippen molar-refractivity contribution in [2.45, 2.75) is 39.7 Å². The highest BCUT2D eigenvalue weighted by Gasteiger charge is 2.24. The molecule has 0 aliphatic heterocycles. The molecule has 1 amide bonds. The van der Waals surface area contributed by atoms with Crippen LogP contribution in [0.5, 0.6) is 5.75 Å². The predicted octanol–water partition coefficient (Wildman–Crippen LogP) is 3.60. The summed E-state index contributed by atoms with van der Waals surface area (Å²) in [5, 5.41) is 2.97. The Morgan fingerprint density at radius 3 is 2.41 bits per heavy atom. The molecule has 0 heterocycles. The Labute approximate surface area is 173 Å². The lowest BCUT2D eigenvalue weighted by molar-refractivity contribution is -0.120. The number of ether oxygens (including phenoxy) is 1. The Balaban J connectivity index is 2.24. The number of aryl methyl sites for hydroxylation is 2. The van der Waals surface area contributed by atoms with E-state index in [4.69, 9.17) is 4.74 Å². The van der Waals surface area contributed by atoms with Gasteiger partial charge in [-0.05, 0) is 48.6 Å². The number of amides is 1. The van der Waals surface area contributed by atoms with Gasteiger partial charge in [0.25, 0.3) is 0 Å². The number of methoxy groups -OCH3 is 1. The zero-order valence-corrected chi connectivity index (χ0v) is 18.5. The number of hydrogen-bond donors (Lipinski definition) is 1. The second kappa shape index (κ2) is 9.78. The molecule has 1 unspecified atom stereocenters. The van der Waals surface area contributed by atoms with E-state index in [0.717, 1.165) is 28.7 Å². The summed E-state index contributed by atoms with van der Waals surface area (Å²) < 4.78 is 31.3. The second-order valence-corrected chi connectivity index (χ2v) is 8.92. The normalized spacial score (nSPS) is 12.3. The summed E-state index contributed by atoms with van der Waals surface area (Å²) in [5.41, 5.74) is 3.36. The third kappa shape index (κ3) is 5.73. The number of hydrogen-bond acceptors (Lipinski definition) is 4. The summed E-state index contributed by atoms with van der Waals surface area (Å²) in [6.45, 7) is 5.62. The van der Waals surface area contributed by atoms with E-state index in [1.54, 1.807) is 19.2 Å². The SMILES string of the molecule is CCc1ccccc1N(CC(=O)NC(CC)c1ccc(OC)c(C)c1)S(C)(=O)=O. The maximum absolute atomic E-state index is 12.8. The van der Waals surface area contributed by atoms with Gasteiger partial charge in [-0.15, -0.1) is 0 Å². The maximum Gasteiger partial charge on any atom is 0.241 e. The van der Waals surface area contributed by atoms with Crippen molar-refractivity contribution in [1.82, 2.24) is 5.32 Å². The average molecular weight is 419 g/mol. The molecule has 29 heavy (non-hydrogen) atoms. The lowest BCUT2D eigenvalue weighted by Crippen LogP contribution is -2.41. The van der Waals surface area contributed by atoms with Crippen LogP contribution in [0.3, 0.4) is 0 Å². The van der Waals surface area contributed by atoms with Gasteiger partial charge in [0, 0.05) is 0 Å². The van der Waals surface area contributed by atoms with E-state index in [1.165, 1.54) is 4.31 Å². The first-order valence-electron chi connectivity index (χ1n) is 9.70. The average Bonchev–Trinajstić information content (AvgIpc) is 2.69. The van der Waals surface area contributed by atoms with E-state index in [1.807, 2.05) is 51.1 Å². The highest BCUT2D eigenvalue weighted by Crippen LogP contribution is 2.25. The molecule has 0 saturated heterocycles. The molecule has 6 nitrogen and oxygen atoms in total. The van der Waals surface area contributed by atoms with E-state index in [-0.39, 0.29) is 18.5 Å². The van der Waals surface area contributed by atoms with Crippen LogP contribution in [-0.2, 0) is 21.2 Å². The van der Waals surface area contributed by atoms with Crippen LogP contribution >= 0.6 is 0 Å². The molecule has 1 N–H and O–H groups in total. The molecule has 2 aromatic carbocycles. The number of anilines is 1. The van der Waals surface area contributed by atoms with E-state index < -0.39 is 10.0 Å². The molecule has 0 radical (unpaired) electrons. The summed E-state index contributed by atoms with van der Waals surface area (Å²) in [6, 6.07) is 12.8. The molecule has 0 aliphatic rings. The van der Waals surface area contributed by atoms with Gasteiger partial charge in [-0.25, -0.2) is 8.42 Å². The summed E-state index contributed by atoms with van der Waals surface area (Å²) in [7, 11) is -1.99. The lowest BCUT2D eigenvalue weighted by Gasteiger charge is -2.26. The van der Waals surface area contributed by atoms with Crippen LogP contribution in [0.1, 0.15) is 43.0 Å². The molecular formula is C22H30N2O4S. The van der Waals surface area contributed by atoms with Crippen molar-refractivity contribution in [2.24, 2.45) is 0 Å². The molecular weight excluding hydrogens is 388 g/mol. The largest absolute Gasteiger partial charge is 0.496 e. The molecule has 0 fully saturated rings. The summed E-state index contributed by atoms with van der Waals surface area (Å²) in [4.78, 5) is 12.8. The van der Waals surface area contributed by atoms with Crippen LogP contribution in [0.2, 0.25) is 0 Å². The van der Waals surface area contributed by atoms with E-state index in [2.05, 4.69) is 5.32 Å². The Morgan fingerprint density at radius 2 is 1.86 bits per heavy atom. The molecule has 0 saturated carbocycles. The van der Waals surface area contributed by atoms with Crippen molar-refractivity contribution in [3.8, 4) is 5.75 Å². The van der Waals surface area contributed by atoms with Crippen molar-refractivity contribution in [3.05, 3.63) is 59.2 Å². The fourth-order valence-electron chi connectivity index (χ4n) is 3.34. The topological polar surface area (TPSA) is 75.7 Å². The minimum absolute atomic E-state index is 0.213. The van der Waals surface area contributed by atoms with Crippen LogP contribution in [0.25, 0.3) is 0 Å². The second-order valence-electron chi connectivity index (χ2n) is 7.01. The third-order valence-electron chi connectivity index (χ3n) is 4.89. The van der Waals surface area contributed by atoms with E-state index in [9.17, 15) is 13.2 Å². The number of carbonyl (C=O) groups is 1. The first kappa shape index (κ1) is 22.7.